The third-order valence-corrected chi connectivity index (χ3v) is 3.36. The fourth-order valence-corrected chi connectivity index (χ4v) is 2.29. The van der Waals surface area contributed by atoms with Crippen LogP contribution < -0.4 is 5.56 Å². The Bertz CT molecular complexity index is 696. The smallest absolute Gasteiger partial charge is 0.255 e. The van der Waals surface area contributed by atoms with Crippen LogP contribution in [0.25, 0.3) is 11.3 Å². The third kappa shape index (κ3) is 2.92. The minimum atomic E-state index is -0.0825. The van der Waals surface area contributed by atoms with Gasteiger partial charge in [-0.05, 0) is 30.2 Å². The maximum Gasteiger partial charge on any atom is 0.255 e. The lowest BCUT2D eigenvalue weighted by atomic mass is 10.1. The van der Waals surface area contributed by atoms with Crippen LogP contribution in [0.3, 0.4) is 0 Å². The number of hydrogen-bond acceptors (Lipinski definition) is 2. The molecule has 0 amide bonds. The summed E-state index contributed by atoms with van der Waals surface area (Å²) >= 11 is 5.89. The lowest BCUT2D eigenvalue weighted by Crippen LogP contribution is -2.24. The molecule has 2 aromatic rings. The number of aromatic nitrogens is 1. The zero-order valence-electron chi connectivity index (χ0n) is 11.3. The topological polar surface area (TPSA) is 45.8 Å². The number of nitrogens with zero attached hydrogens (tertiary/aromatic N) is 2. The predicted molar refractivity (Wildman–Crippen MR) is 80.8 cm³/mol. The minimum absolute atomic E-state index is 0.0825. The number of benzene rings is 1. The second-order valence-corrected chi connectivity index (χ2v) is 4.98. The summed E-state index contributed by atoms with van der Waals surface area (Å²) in [6.45, 7) is 2.66. The molecular formula is C16H15ClN2O. The van der Waals surface area contributed by atoms with Crippen molar-refractivity contribution in [1.29, 1.82) is 5.26 Å². The maximum absolute atomic E-state index is 12.4. The molecule has 1 aromatic carbocycles. The lowest BCUT2D eigenvalue weighted by Gasteiger charge is -2.13. The monoisotopic (exact) mass is 286 g/mol. The summed E-state index contributed by atoms with van der Waals surface area (Å²) in [4.78, 5) is 12.4. The highest BCUT2D eigenvalue weighted by Crippen LogP contribution is 2.21. The van der Waals surface area contributed by atoms with E-state index in [1.54, 1.807) is 22.8 Å². The summed E-state index contributed by atoms with van der Waals surface area (Å²) in [6.07, 6.45) is 1.000. The van der Waals surface area contributed by atoms with Crippen LogP contribution in [0.5, 0.6) is 0 Å². The van der Waals surface area contributed by atoms with Gasteiger partial charge in [0.2, 0.25) is 0 Å². The maximum atomic E-state index is 12.4. The van der Waals surface area contributed by atoms with Crippen LogP contribution in [-0.2, 0) is 13.0 Å². The normalized spacial score (nSPS) is 10.2. The van der Waals surface area contributed by atoms with Gasteiger partial charge in [-0.15, -0.1) is 0 Å². The van der Waals surface area contributed by atoms with Gasteiger partial charge < -0.3 is 4.57 Å². The zero-order valence-corrected chi connectivity index (χ0v) is 12.0. The quantitative estimate of drug-likeness (QED) is 0.861. The van der Waals surface area contributed by atoms with Gasteiger partial charge in [-0.1, -0.05) is 36.7 Å². The highest BCUT2D eigenvalue weighted by atomic mass is 35.5. The molecule has 0 spiro atoms. The molecule has 0 fully saturated rings. The standard InChI is InChI=1S/C16H15ClN2O/c1-2-11-19-15(12-3-6-14(17)7-4-12)8-5-13(9-10-18)16(19)20/h3-8H,2,9,11H2,1H3. The molecule has 0 aliphatic rings. The number of hydrogen-bond donors (Lipinski definition) is 0. The van der Waals surface area contributed by atoms with Crippen molar-refractivity contribution in [2.45, 2.75) is 26.3 Å². The van der Waals surface area contributed by atoms with Gasteiger partial charge in [-0.2, -0.15) is 5.26 Å². The van der Waals surface area contributed by atoms with Gasteiger partial charge >= 0.3 is 0 Å². The molecule has 0 radical (unpaired) electrons. The summed E-state index contributed by atoms with van der Waals surface area (Å²) in [6, 6.07) is 13.1. The van der Waals surface area contributed by atoms with E-state index in [0.29, 0.717) is 17.1 Å². The average Bonchev–Trinajstić information content (AvgIpc) is 2.45. The number of pyridine rings is 1. The van der Waals surface area contributed by atoms with Gasteiger partial charge in [0.1, 0.15) is 0 Å². The second-order valence-electron chi connectivity index (χ2n) is 4.54. The minimum Gasteiger partial charge on any atom is -0.308 e. The highest BCUT2D eigenvalue weighted by molar-refractivity contribution is 6.30. The van der Waals surface area contributed by atoms with Crippen LogP contribution in [0, 0.1) is 11.3 Å². The Morgan fingerprint density at radius 1 is 1.20 bits per heavy atom. The summed E-state index contributed by atoms with van der Waals surface area (Å²) in [7, 11) is 0. The van der Waals surface area contributed by atoms with Crippen molar-refractivity contribution >= 4 is 11.6 Å². The average molecular weight is 287 g/mol. The lowest BCUT2D eigenvalue weighted by molar-refractivity contribution is 0.656. The van der Waals surface area contributed by atoms with Crippen LogP contribution in [0.15, 0.2) is 41.2 Å². The van der Waals surface area contributed by atoms with Gasteiger partial charge in [-0.3, -0.25) is 4.79 Å². The molecule has 1 heterocycles. The van der Waals surface area contributed by atoms with E-state index < -0.39 is 0 Å². The molecule has 4 heteroatoms. The first-order chi connectivity index (χ1) is 9.67. The first-order valence-corrected chi connectivity index (χ1v) is 6.90. The van der Waals surface area contributed by atoms with Crippen molar-refractivity contribution in [1.82, 2.24) is 4.57 Å². The molecule has 0 saturated heterocycles. The molecule has 0 aliphatic heterocycles. The molecule has 3 nitrogen and oxygen atoms in total. The molecule has 0 atom stereocenters. The van der Waals surface area contributed by atoms with E-state index in [2.05, 4.69) is 0 Å². The molecule has 0 aliphatic carbocycles. The van der Waals surface area contributed by atoms with Gasteiger partial charge in [-0.25, -0.2) is 0 Å². The summed E-state index contributed by atoms with van der Waals surface area (Å²) in [5.74, 6) is 0. The summed E-state index contributed by atoms with van der Waals surface area (Å²) < 4.78 is 1.73. The largest absolute Gasteiger partial charge is 0.308 e. The van der Waals surface area contributed by atoms with Crippen molar-refractivity contribution in [3.8, 4) is 17.3 Å². The SMILES string of the molecule is CCCn1c(-c2ccc(Cl)cc2)ccc(CC#N)c1=O. The van der Waals surface area contributed by atoms with Crippen LogP contribution in [0.1, 0.15) is 18.9 Å². The fraction of sp³-hybridized carbons (Fsp3) is 0.250. The Hall–Kier alpha value is -2.05. The van der Waals surface area contributed by atoms with Crippen molar-refractivity contribution in [3.05, 3.63) is 57.3 Å². The summed E-state index contributed by atoms with van der Waals surface area (Å²) in [5.41, 5.74) is 2.26. The third-order valence-electron chi connectivity index (χ3n) is 3.11. The molecule has 1 aromatic heterocycles. The molecule has 102 valence electrons. The van der Waals surface area contributed by atoms with Crippen LogP contribution in [-0.4, -0.2) is 4.57 Å². The van der Waals surface area contributed by atoms with Gasteiger partial charge in [0.25, 0.3) is 5.56 Å². The van der Waals surface area contributed by atoms with Crippen LogP contribution >= 0.6 is 11.6 Å². The molecule has 2 rings (SSSR count). The second kappa shape index (κ2) is 6.40. The van der Waals surface area contributed by atoms with E-state index in [0.717, 1.165) is 17.7 Å². The summed E-state index contributed by atoms with van der Waals surface area (Å²) in [5, 5.41) is 9.43. The zero-order chi connectivity index (χ0) is 14.5. The van der Waals surface area contributed by atoms with Crippen molar-refractivity contribution in [2.24, 2.45) is 0 Å². The van der Waals surface area contributed by atoms with Crippen LogP contribution in [0.2, 0.25) is 5.02 Å². The fourth-order valence-electron chi connectivity index (χ4n) is 2.16. The molecule has 0 N–H and O–H groups in total. The molecule has 0 unspecified atom stereocenters. The molecule has 20 heavy (non-hydrogen) atoms. The van der Waals surface area contributed by atoms with Gasteiger partial charge in [0, 0.05) is 17.1 Å². The van der Waals surface area contributed by atoms with E-state index in [9.17, 15) is 4.79 Å². The van der Waals surface area contributed by atoms with Crippen molar-refractivity contribution in [3.63, 3.8) is 0 Å². The molecule has 0 bridgehead atoms. The first kappa shape index (κ1) is 14.4. The van der Waals surface area contributed by atoms with Gasteiger partial charge in [0.05, 0.1) is 18.2 Å². The van der Waals surface area contributed by atoms with Crippen molar-refractivity contribution < 1.29 is 0 Å². The van der Waals surface area contributed by atoms with E-state index in [4.69, 9.17) is 16.9 Å². The Balaban J connectivity index is 2.58. The van der Waals surface area contributed by atoms with Gasteiger partial charge in [0.15, 0.2) is 0 Å². The highest BCUT2D eigenvalue weighted by Gasteiger charge is 2.09. The van der Waals surface area contributed by atoms with E-state index in [-0.39, 0.29) is 12.0 Å². The Morgan fingerprint density at radius 3 is 2.50 bits per heavy atom. The van der Waals surface area contributed by atoms with Crippen molar-refractivity contribution in [2.75, 3.05) is 0 Å². The first-order valence-electron chi connectivity index (χ1n) is 6.53. The number of halogens is 1. The number of nitriles is 1. The van der Waals surface area contributed by atoms with E-state index >= 15 is 0 Å². The van der Waals surface area contributed by atoms with E-state index in [1.807, 2.05) is 31.2 Å². The number of rotatable bonds is 4. The Labute approximate surface area is 123 Å². The Morgan fingerprint density at radius 2 is 1.90 bits per heavy atom. The molecular weight excluding hydrogens is 272 g/mol. The predicted octanol–water partition coefficient (Wildman–Crippen LogP) is 3.64. The van der Waals surface area contributed by atoms with E-state index in [1.165, 1.54) is 0 Å². The van der Waals surface area contributed by atoms with Crippen LogP contribution in [0.4, 0.5) is 0 Å². The Kier molecular flexibility index (Phi) is 4.60. The molecule has 0 saturated carbocycles.